The quantitative estimate of drug-likeness (QED) is 0.663. The van der Waals surface area contributed by atoms with Crippen LogP contribution in [0.3, 0.4) is 0 Å². The van der Waals surface area contributed by atoms with E-state index in [9.17, 15) is 0 Å². The highest BCUT2D eigenvalue weighted by molar-refractivity contribution is 5.73. The van der Waals surface area contributed by atoms with Crippen LogP contribution in [0.5, 0.6) is 5.75 Å². The average molecular weight is 311 g/mol. The lowest BCUT2D eigenvalue weighted by molar-refractivity contribution is -0.0218. The van der Waals surface area contributed by atoms with Gasteiger partial charge >= 0.3 is 0 Å². The van der Waals surface area contributed by atoms with E-state index in [0.29, 0.717) is 6.61 Å². The first kappa shape index (κ1) is 15.5. The molecule has 0 aliphatic heterocycles. The van der Waals surface area contributed by atoms with Gasteiger partial charge in [0, 0.05) is 0 Å². The number of aromatic nitrogens is 3. The minimum atomic E-state index is -0.116. The van der Waals surface area contributed by atoms with Crippen LogP contribution < -0.4 is 4.74 Å². The Morgan fingerprint density at radius 1 is 1.09 bits per heavy atom. The van der Waals surface area contributed by atoms with Crippen molar-refractivity contribution in [3.05, 3.63) is 54.1 Å². The second-order valence-electron chi connectivity index (χ2n) is 5.43. The molecule has 1 aromatic heterocycles. The number of hydrogen-bond acceptors (Lipinski definition) is 4. The predicted octanol–water partition coefficient (Wildman–Crippen LogP) is 3.96. The Bertz CT molecular complexity index is 752. The standard InChI is InChI=1S/C18H21N3O2/c1-3-6-18(21-17-8-5-4-7-16(17)19-20-21)23-13-14-9-11-15(22-2)12-10-14/h4-5,7-12,18H,3,6,13H2,1-2H3. The number of benzene rings is 2. The smallest absolute Gasteiger partial charge is 0.153 e. The molecule has 3 rings (SSSR count). The summed E-state index contributed by atoms with van der Waals surface area (Å²) >= 11 is 0. The number of fused-ring (bicyclic) bond motifs is 1. The lowest BCUT2D eigenvalue weighted by Gasteiger charge is -2.18. The molecule has 1 heterocycles. The highest BCUT2D eigenvalue weighted by Gasteiger charge is 2.15. The molecule has 3 aromatic rings. The molecule has 0 radical (unpaired) electrons. The van der Waals surface area contributed by atoms with Crippen LogP contribution >= 0.6 is 0 Å². The largest absolute Gasteiger partial charge is 0.497 e. The molecule has 0 saturated carbocycles. The molecule has 0 aliphatic carbocycles. The molecule has 0 saturated heterocycles. The molecule has 2 aromatic carbocycles. The van der Waals surface area contributed by atoms with E-state index < -0.39 is 0 Å². The van der Waals surface area contributed by atoms with Crippen molar-refractivity contribution >= 4 is 11.0 Å². The monoisotopic (exact) mass is 311 g/mol. The van der Waals surface area contributed by atoms with Gasteiger partial charge in [0.1, 0.15) is 11.3 Å². The van der Waals surface area contributed by atoms with Gasteiger partial charge in [0.05, 0.1) is 19.2 Å². The van der Waals surface area contributed by atoms with Crippen molar-refractivity contribution in [1.82, 2.24) is 15.0 Å². The Hall–Kier alpha value is -2.40. The van der Waals surface area contributed by atoms with Gasteiger partial charge in [0.15, 0.2) is 6.23 Å². The van der Waals surface area contributed by atoms with Crippen LogP contribution in [0.4, 0.5) is 0 Å². The Labute approximate surface area is 135 Å². The fourth-order valence-corrected chi connectivity index (χ4v) is 2.54. The van der Waals surface area contributed by atoms with Crippen molar-refractivity contribution in [2.75, 3.05) is 7.11 Å². The number of nitrogens with zero attached hydrogens (tertiary/aromatic N) is 3. The van der Waals surface area contributed by atoms with Crippen LogP contribution in [0.15, 0.2) is 48.5 Å². The van der Waals surface area contributed by atoms with Crippen molar-refractivity contribution in [3.63, 3.8) is 0 Å². The number of methoxy groups -OCH3 is 1. The summed E-state index contributed by atoms with van der Waals surface area (Å²) in [5.74, 6) is 0.848. The topological polar surface area (TPSA) is 49.2 Å². The molecule has 0 amide bonds. The first-order chi connectivity index (χ1) is 11.3. The van der Waals surface area contributed by atoms with Gasteiger partial charge in [-0.05, 0) is 36.2 Å². The number of hydrogen-bond donors (Lipinski definition) is 0. The molecule has 23 heavy (non-hydrogen) atoms. The zero-order chi connectivity index (χ0) is 16.1. The first-order valence-corrected chi connectivity index (χ1v) is 7.86. The average Bonchev–Trinajstić information content (AvgIpc) is 3.03. The van der Waals surface area contributed by atoms with E-state index in [4.69, 9.17) is 9.47 Å². The summed E-state index contributed by atoms with van der Waals surface area (Å²) in [6.45, 7) is 2.67. The summed E-state index contributed by atoms with van der Waals surface area (Å²) in [5.41, 5.74) is 3.00. The lowest BCUT2D eigenvalue weighted by atomic mass is 10.2. The van der Waals surface area contributed by atoms with Gasteiger partial charge in [-0.2, -0.15) is 0 Å². The van der Waals surface area contributed by atoms with Gasteiger partial charge in [0.25, 0.3) is 0 Å². The molecule has 0 aliphatic rings. The van der Waals surface area contributed by atoms with E-state index in [1.54, 1.807) is 7.11 Å². The maximum absolute atomic E-state index is 6.11. The van der Waals surface area contributed by atoms with Crippen LogP contribution in [-0.4, -0.2) is 22.1 Å². The molecule has 5 nitrogen and oxygen atoms in total. The Balaban J connectivity index is 1.76. The van der Waals surface area contributed by atoms with Crippen molar-refractivity contribution in [3.8, 4) is 5.75 Å². The third kappa shape index (κ3) is 3.51. The SMILES string of the molecule is CCCC(OCc1ccc(OC)cc1)n1nnc2ccccc21. The number of ether oxygens (including phenoxy) is 2. The summed E-state index contributed by atoms with van der Waals surface area (Å²) in [6.07, 6.45) is 1.79. The molecule has 120 valence electrons. The highest BCUT2D eigenvalue weighted by atomic mass is 16.5. The maximum Gasteiger partial charge on any atom is 0.153 e. The highest BCUT2D eigenvalue weighted by Crippen LogP contribution is 2.22. The normalized spacial score (nSPS) is 12.4. The molecule has 1 unspecified atom stereocenters. The fourth-order valence-electron chi connectivity index (χ4n) is 2.54. The molecule has 0 bridgehead atoms. The predicted molar refractivity (Wildman–Crippen MR) is 89.3 cm³/mol. The second-order valence-corrected chi connectivity index (χ2v) is 5.43. The van der Waals surface area contributed by atoms with E-state index in [1.807, 2.05) is 53.2 Å². The Morgan fingerprint density at radius 2 is 1.87 bits per heavy atom. The van der Waals surface area contributed by atoms with Crippen molar-refractivity contribution in [2.24, 2.45) is 0 Å². The minimum absolute atomic E-state index is 0.116. The van der Waals surface area contributed by atoms with Crippen LogP contribution in [-0.2, 0) is 11.3 Å². The van der Waals surface area contributed by atoms with Gasteiger partial charge in [-0.3, -0.25) is 0 Å². The molecule has 1 atom stereocenters. The third-order valence-corrected chi connectivity index (χ3v) is 3.79. The van der Waals surface area contributed by atoms with Gasteiger partial charge in [-0.15, -0.1) is 5.10 Å². The van der Waals surface area contributed by atoms with Crippen LogP contribution in [0.25, 0.3) is 11.0 Å². The number of rotatable bonds is 7. The van der Waals surface area contributed by atoms with E-state index in [-0.39, 0.29) is 6.23 Å². The minimum Gasteiger partial charge on any atom is -0.497 e. The van der Waals surface area contributed by atoms with Crippen LogP contribution in [0.2, 0.25) is 0 Å². The number of para-hydroxylation sites is 1. The Kier molecular flexibility index (Phi) is 4.88. The van der Waals surface area contributed by atoms with Gasteiger partial charge in [0.2, 0.25) is 0 Å². The van der Waals surface area contributed by atoms with Gasteiger partial charge in [-0.25, -0.2) is 4.68 Å². The van der Waals surface area contributed by atoms with E-state index in [1.165, 1.54) is 0 Å². The first-order valence-electron chi connectivity index (χ1n) is 7.86. The van der Waals surface area contributed by atoms with Gasteiger partial charge < -0.3 is 9.47 Å². The Morgan fingerprint density at radius 3 is 2.61 bits per heavy atom. The lowest BCUT2D eigenvalue weighted by Crippen LogP contribution is -2.14. The summed E-state index contributed by atoms with van der Waals surface area (Å²) in [6, 6.07) is 15.9. The molecular weight excluding hydrogens is 290 g/mol. The van der Waals surface area contributed by atoms with E-state index >= 15 is 0 Å². The zero-order valence-corrected chi connectivity index (χ0v) is 13.5. The third-order valence-electron chi connectivity index (χ3n) is 3.79. The molecule has 0 N–H and O–H groups in total. The maximum atomic E-state index is 6.11. The van der Waals surface area contributed by atoms with Crippen molar-refractivity contribution < 1.29 is 9.47 Å². The van der Waals surface area contributed by atoms with E-state index in [2.05, 4.69) is 17.2 Å². The van der Waals surface area contributed by atoms with Gasteiger partial charge in [-0.1, -0.05) is 42.8 Å². The second kappa shape index (κ2) is 7.24. The molecular formula is C18H21N3O2. The summed E-state index contributed by atoms with van der Waals surface area (Å²) in [7, 11) is 1.67. The molecule has 0 spiro atoms. The zero-order valence-electron chi connectivity index (χ0n) is 13.5. The summed E-state index contributed by atoms with van der Waals surface area (Å²) < 4.78 is 13.2. The van der Waals surface area contributed by atoms with Crippen LogP contribution in [0.1, 0.15) is 31.6 Å². The van der Waals surface area contributed by atoms with Crippen molar-refractivity contribution in [2.45, 2.75) is 32.6 Å². The van der Waals surface area contributed by atoms with Crippen molar-refractivity contribution in [1.29, 1.82) is 0 Å². The molecule has 0 fully saturated rings. The summed E-state index contributed by atoms with van der Waals surface area (Å²) in [5, 5.41) is 8.49. The molecule has 5 heteroatoms. The fraction of sp³-hybridized carbons (Fsp3) is 0.333. The van der Waals surface area contributed by atoms with E-state index in [0.717, 1.165) is 35.2 Å². The van der Waals surface area contributed by atoms with Crippen LogP contribution in [0, 0.1) is 0 Å². The summed E-state index contributed by atoms with van der Waals surface area (Å²) in [4.78, 5) is 0.